The SMILES string of the molecule is O=P([O-])([O-])O.O=[N+]([O-])[O-].[K+].[Na+].[Na+]. The standard InChI is InChI=1S/K.NO3.2Na.H3O4P/c;2-1(3)4;;;1-5(2,3)4/h;;;;(H3,1,2,3,4)/q+1;-1;2*+1;/p-2. The van der Waals surface area contributed by atoms with Crippen molar-refractivity contribution in [1.82, 2.24) is 0 Å². The first-order chi connectivity index (χ1) is 3.73. The summed E-state index contributed by atoms with van der Waals surface area (Å²) in [5.41, 5.74) is 0. The van der Waals surface area contributed by atoms with E-state index in [-0.39, 0.29) is 110 Å². The summed E-state index contributed by atoms with van der Waals surface area (Å²) in [6.45, 7) is 0. The number of hydrogen-bond acceptors (Lipinski definition) is 6. The Morgan fingerprint density at radius 1 is 1.17 bits per heavy atom. The Bertz CT molecular complexity index is 121. The van der Waals surface area contributed by atoms with Crippen LogP contribution in [0.25, 0.3) is 0 Å². The molecule has 0 aliphatic rings. The van der Waals surface area contributed by atoms with Crippen molar-refractivity contribution in [2.75, 3.05) is 0 Å². The first-order valence-corrected chi connectivity index (χ1v) is 2.79. The van der Waals surface area contributed by atoms with Crippen molar-refractivity contribution >= 4 is 7.82 Å². The predicted octanol–water partition coefficient (Wildman–Crippen LogP) is -11.4. The van der Waals surface area contributed by atoms with E-state index in [1.165, 1.54) is 0 Å². The van der Waals surface area contributed by atoms with Crippen LogP contribution in [0.2, 0.25) is 0 Å². The molecule has 0 amide bonds. The average molecular weight is 243 g/mol. The minimum Gasteiger partial charge on any atom is -0.790 e. The van der Waals surface area contributed by atoms with Crippen molar-refractivity contribution in [1.29, 1.82) is 0 Å². The molecule has 0 saturated carbocycles. The molecule has 0 atom stereocenters. The monoisotopic (exact) mass is 243 g/mol. The maximum absolute atomic E-state index is 8.66. The zero-order valence-corrected chi connectivity index (χ0v) is 14.8. The molecule has 0 saturated heterocycles. The van der Waals surface area contributed by atoms with Crippen LogP contribution in [0.3, 0.4) is 0 Å². The Kier molecular flexibility index (Phi) is 40.1. The van der Waals surface area contributed by atoms with E-state index in [9.17, 15) is 0 Å². The van der Waals surface area contributed by atoms with Gasteiger partial charge in [-0.2, -0.15) is 0 Å². The summed E-state index contributed by atoms with van der Waals surface area (Å²) in [5.74, 6) is 0. The molecule has 12 heavy (non-hydrogen) atoms. The minimum absolute atomic E-state index is 0. The maximum Gasteiger partial charge on any atom is 1.00 e. The molecule has 0 spiro atoms. The van der Waals surface area contributed by atoms with Crippen LogP contribution in [-0.2, 0) is 4.57 Å². The van der Waals surface area contributed by atoms with Gasteiger partial charge in [-0.3, -0.25) is 0 Å². The fourth-order valence-corrected chi connectivity index (χ4v) is 0. The van der Waals surface area contributed by atoms with Crippen molar-refractivity contribution < 1.29 is 135 Å². The number of nitrogens with zero attached hydrogens (tertiary/aromatic N) is 1. The Morgan fingerprint density at radius 2 is 1.17 bits per heavy atom. The third kappa shape index (κ3) is 213. The van der Waals surface area contributed by atoms with Crippen LogP contribution in [0.15, 0.2) is 0 Å². The van der Waals surface area contributed by atoms with Gasteiger partial charge >= 0.3 is 110 Å². The summed E-state index contributed by atoms with van der Waals surface area (Å²) in [6.07, 6.45) is 0. The zero-order valence-electron chi connectivity index (χ0n) is 6.79. The van der Waals surface area contributed by atoms with E-state index in [2.05, 4.69) is 0 Å². The molecular formula is HKNNa2O7P. The molecule has 0 aromatic carbocycles. The van der Waals surface area contributed by atoms with Crippen molar-refractivity contribution in [3.63, 3.8) is 0 Å². The number of hydrogen-bond donors (Lipinski definition) is 1. The van der Waals surface area contributed by atoms with E-state index in [0.29, 0.717) is 0 Å². The topological polar surface area (TPSA) is 150 Å². The molecule has 0 fully saturated rings. The summed E-state index contributed by atoms with van der Waals surface area (Å²) in [7, 11) is -5.14. The van der Waals surface area contributed by atoms with Gasteiger partial charge < -0.3 is 34.6 Å². The van der Waals surface area contributed by atoms with Crippen molar-refractivity contribution in [2.45, 2.75) is 0 Å². The van der Waals surface area contributed by atoms with E-state index in [1.54, 1.807) is 0 Å². The molecular weight excluding hydrogens is 242 g/mol. The predicted molar refractivity (Wildman–Crippen MR) is 20.2 cm³/mol. The van der Waals surface area contributed by atoms with E-state index in [0.717, 1.165) is 0 Å². The molecule has 8 nitrogen and oxygen atoms in total. The molecule has 0 heterocycles. The smallest absolute Gasteiger partial charge is 0.790 e. The van der Waals surface area contributed by atoms with Crippen LogP contribution in [0, 0.1) is 15.3 Å². The van der Waals surface area contributed by atoms with E-state index in [1.807, 2.05) is 0 Å². The van der Waals surface area contributed by atoms with E-state index >= 15 is 0 Å². The van der Waals surface area contributed by atoms with Gasteiger partial charge in [-0.25, -0.2) is 0 Å². The molecule has 0 aromatic rings. The van der Waals surface area contributed by atoms with Gasteiger partial charge in [-0.05, 0) is 0 Å². The van der Waals surface area contributed by atoms with E-state index < -0.39 is 12.9 Å². The van der Waals surface area contributed by atoms with Crippen LogP contribution >= 0.6 is 7.82 Å². The molecule has 0 unspecified atom stereocenters. The van der Waals surface area contributed by atoms with Crippen molar-refractivity contribution in [2.24, 2.45) is 0 Å². The zero-order chi connectivity index (χ0) is 8.08. The minimum atomic E-state index is -5.14. The van der Waals surface area contributed by atoms with Gasteiger partial charge in [0, 0.05) is 0 Å². The van der Waals surface area contributed by atoms with Gasteiger partial charge in [0.15, 0.2) is 0 Å². The largest absolute Gasteiger partial charge is 1.00 e. The molecule has 56 valence electrons. The maximum atomic E-state index is 8.66. The third-order valence-corrected chi connectivity index (χ3v) is 0. The second-order valence-corrected chi connectivity index (χ2v) is 1.63. The van der Waals surface area contributed by atoms with Crippen LogP contribution in [0.4, 0.5) is 0 Å². The second-order valence-electron chi connectivity index (χ2n) is 0.692. The van der Waals surface area contributed by atoms with Crippen molar-refractivity contribution in [3.8, 4) is 0 Å². The average Bonchev–Trinajstić information content (AvgIpc) is 1.19. The number of phosphoric acid groups is 1. The van der Waals surface area contributed by atoms with Gasteiger partial charge in [-0.1, -0.05) is 0 Å². The molecule has 0 aliphatic carbocycles. The second kappa shape index (κ2) is 16.4. The third-order valence-electron chi connectivity index (χ3n) is 0. The Hall–Kier alpha value is 2.95. The van der Waals surface area contributed by atoms with Gasteiger partial charge in [0.2, 0.25) is 0 Å². The summed E-state index contributed by atoms with van der Waals surface area (Å²) >= 11 is 0. The Morgan fingerprint density at radius 3 is 1.17 bits per heavy atom. The summed E-state index contributed by atoms with van der Waals surface area (Å²) in [5, 5.41) is 14.8. The molecule has 0 aliphatic heterocycles. The quantitative estimate of drug-likeness (QED) is 0.192. The van der Waals surface area contributed by atoms with Gasteiger partial charge in [0.05, 0.1) is 12.9 Å². The number of rotatable bonds is 0. The molecule has 0 rings (SSSR count). The normalized spacial score (nSPS) is 6.92. The molecule has 12 heteroatoms. The van der Waals surface area contributed by atoms with Gasteiger partial charge in [-0.15, -0.1) is 0 Å². The molecule has 0 bridgehead atoms. The fourth-order valence-electron chi connectivity index (χ4n) is 0. The molecule has 1 N–H and O–H groups in total. The van der Waals surface area contributed by atoms with Gasteiger partial charge in [0.25, 0.3) is 0 Å². The van der Waals surface area contributed by atoms with Crippen LogP contribution < -0.4 is 120 Å². The molecule has 0 radical (unpaired) electrons. The Balaban J connectivity index is -0.0000000221. The van der Waals surface area contributed by atoms with E-state index in [4.69, 9.17) is 34.6 Å². The summed E-state index contributed by atoms with van der Waals surface area (Å²) < 4.78 is 8.66. The van der Waals surface area contributed by atoms with Crippen LogP contribution in [-0.4, -0.2) is 9.98 Å². The summed E-state index contributed by atoms with van der Waals surface area (Å²) in [6, 6.07) is 0. The van der Waals surface area contributed by atoms with Crippen LogP contribution in [0.5, 0.6) is 0 Å². The first kappa shape index (κ1) is 29.4. The van der Waals surface area contributed by atoms with Crippen molar-refractivity contribution in [3.05, 3.63) is 15.3 Å². The first-order valence-electron chi connectivity index (χ1n) is 1.30. The van der Waals surface area contributed by atoms with Gasteiger partial charge in [0.1, 0.15) is 0 Å². The summed E-state index contributed by atoms with van der Waals surface area (Å²) in [4.78, 5) is 32.5. The Labute approximate surface area is 154 Å². The fraction of sp³-hybridized carbons (Fsp3) is 0. The molecule has 0 aromatic heterocycles. The van der Waals surface area contributed by atoms with Crippen LogP contribution in [0.1, 0.15) is 0 Å².